The van der Waals surface area contributed by atoms with Crippen molar-refractivity contribution in [3.63, 3.8) is 0 Å². The quantitative estimate of drug-likeness (QED) is 0.723. The Bertz CT molecular complexity index is 1070. The molecule has 1 aromatic heterocycles. The molecule has 1 aliphatic heterocycles. The Morgan fingerprint density at radius 3 is 2.70 bits per heavy atom. The first-order valence-electron chi connectivity index (χ1n) is 8.52. The molecular weight excluding hydrogens is 451 g/mol. The molecule has 7 nitrogen and oxygen atoms in total. The first-order valence-corrected chi connectivity index (χ1v) is 10.6. The average Bonchev–Trinajstić information content (AvgIpc) is 2.80. The van der Waals surface area contributed by atoms with Crippen LogP contribution in [0.1, 0.15) is 22.3 Å². The Morgan fingerprint density at radius 2 is 2.03 bits per heavy atom. The summed E-state index contributed by atoms with van der Waals surface area (Å²) in [6, 6.07) is 4.00. The lowest BCUT2D eigenvalue weighted by atomic mass is 10.0. The zero-order valence-corrected chi connectivity index (χ0v) is 16.7. The number of rotatable bonds is 5. The van der Waals surface area contributed by atoms with Gasteiger partial charge in [0.15, 0.2) is 15.6 Å². The number of halogens is 4. The second kappa shape index (κ2) is 8.40. The molecule has 2 heterocycles. The van der Waals surface area contributed by atoms with Gasteiger partial charge in [-0.2, -0.15) is 0 Å². The zero-order chi connectivity index (χ0) is 22.1. The molecule has 1 aromatic carbocycles. The number of pyridine rings is 1. The normalized spacial score (nSPS) is 17.1. The molecule has 30 heavy (non-hydrogen) atoms. The molecule has 162 valence electrons. The van der Waals surface area contributed by atoms with Gasteiger partial charge in [-0.3, -0.25) is 4.79 Å². The molecule has 0 unspecified atom stereocenters. The average molecular weight is 466 g/mol. The van der Waals surface area contributed by atoms with Crippen LogP contribution in [-0.4, -0.2) is 43.9 Å². The summed E-state index contributed by atoms with van der Waals surface area (Å²) >= 11 is 5.76. The van der Waals surface area contributed by atoms with E-state index in [0.717, 1.165) is 24.4 Å². The van der Waals surface area contributed by atoms with Crippen molar-refractivity contribution in [3.8, 4) is 11.6 Å². The number of aliphatic hydroxyl groups is 1. The number of benzene rings is 1. The number of carbonyl (C=O) groups is 1. The van der Waals surface area contributed by atoms with E-state index in [-0.39, 0.29) is 41.7 Å². The maximum Gasteiger partial charge on any atom is 0.573 e. The monoisotopic (exact) mass is 465 g/mol. The molecule has 0 saturated heterocycles. The number of alkyl halides is 3. The van der Waals surface area contributed by atoms with Gasteiger partial charge in [-0.1, -0.05) is 11.6 Å². The minimum absolute atomic E-state index is 0.000877. The molecule has 1 atom stereocenters. The summed E-state index contributed by atoms with van der Waals surface area (Å²) in [5, 5.41) is 9.15. The lowest BCUT2D eigenvalue weighted by molar-refractivity contribution is -0.275. The highest BCUT2D eigenvalue weighted by molar-refractivity contribution is 7.90. The van der Waals surface area contributed by atoms with Crippen LogP contribution in [0.5, 0.6) is 11.6 Å². The van der Waals surface area contributed by atoms with Crippen LogP contribution in [0.15, 0.2) is 35.4 Å². The lowest BCUT2D eigenvalue weighted by Gasteiger charge is -2.14. The van der Waals surface area contributed by atoms with Crippen molar-refractivity contribution in [2.24, 2.45) is 5.92 Å². The van der Waals surface area contributed by atoms with Crippen LogP contribution in [0, 0.1) is 5.92 Å². The van der Waals surface area contributed by atoms with Gasteiger partial charge >= 0.3 is 6.36 Å². The van der Waals surface area contributed by atoms with Gasteiger partial charge in [0.05, 0.1) is 17.9 Å². The smallest absolute Gasteiger partial charge is 0.477 e. The van der Waals surface area contributed by atoms with Crippen LogP contribution < -0.4 is 9.47 Å². The molecule has 1 aliphatic rings. The van der Waals surface area contributed by atoms with Crippen molar-refractivity contribution in [2.45, 2.75) is 23.4 Å². The van der Waals surface area contributed by atoms with Crippen molar-refractivity contribution in [1.82, 2.24) is 4.98 Å². The molecule has 0 amide bonds. The minimum Gasteiger partial charge on any atom is -0.477 e. The topological polar surface area (TPSA) is 103 Å². The second-order valence-corrected chi connectivity index (χ2v) is 8.98. The van der Waals surface area contributed by atoms with Crippen molar-refractivity contribution in [3.05, 3.63) is 46.6 Å². The summed E-state index contributed by atoms with van der Waals surface area (Å²) in [5.41, 5.74) is 0.0996. The van der Waals surface area contributed by atoms with Crippen LogP contribution in [0.25, 0.3) is 0 Å². The van der Waals surface area contributed by atoms with Crippen LogP contribution in [-0.2, 0) is 15.6 Å². The third-order valence-electron chi connectivity index (χ3n) is 4.22. The Balaban J connectivity index is 1.94. The minimum atomic E-state index is -5.10. The van der Waals surface area contributed by atoms with Crippen molar-refractivity contribution in [2.75, 3.05) is 13.2 Å². The highest BCUT2D eigenvalue weighted by Crippen LogP contribution is 2.34. The fraction of sp³-hybridized carbons (Fsp3) is 0.333. The first-order chi connectivity index (χ1) is 14.0. The van der Waals surface area contributed by atoms with Crippen LogP contribution >= 0.6 is 11.6 Å². The van der Waals surface area contributed by atoms with Gasteiger partial charge in [-0.15, -0.1) is 13.2 Å². The third kappa shape index (κ3) is 5.21. The van der Waals surface area contributed by atoms with E-state index in [4.69, 9.17) is 16.3 Å². The number of fused-ring (bicyclic) bond motifs is 1. The summed E-state index contributed by atoms with van der Waals surface area (Å²) in [5.74, 6) is -2.48. The van der Waals surface area contributed by atoms with Crippen LogP contribution in [0.2, 0.25) is 5.02 Å². The fourth-order valence-electron chi connectivity index (χ4n) is 2.87. The van der Waals surface area contributed by atoms with E-state index in [1.807, 2.05) is 0 Å². The number of carbonyl (C=O) groups excluding carboxylic acids is 1. The van der Waals surface area contributed by atoms with E-state index >= 15 is 0 Å². The van der Waals surface area contributed by atoms with Crippen LogP contribution in [0.3, 0.4) is 0 Å². The summed E-state index contributed by atoms with van der Waals surface area (Å²) in [6.07, 6.45) is -3.96. The van der Waals surface area contributed by atoms with E-state index in [2.05, 4.69) is 9.72 Å². The molecular formula is C18H15ClF3NO6S. The Labute approximate surface area is 174 Å². The Kier molecular flexibility index (Phi) is 6.25. The predicted molar refractivity (Wildman–Crippen MR) is 98.3 cm³/mol. The Morgan fingerprint density at radius 1 is 1.30 bits per heavy atom. The van der Waals surface area contributed by atoms with Crippen molar-refractivity contribution in [1.29, 1.82) is 0 Å². The molecule has 1 N–H and O–H groups in total. The molecule has 0 bridgehead atoms. The van der Waals surface area contributed by atoms with E-state index in [1.165, 1.54) is 6.07 Å². The van der Waals surface area contributed by atoms with Gasteiger partial charge in [0, 0.05) is 30.2 Å². The van der Waals surface area contributed by atoms with Gasteiger partial charge in [0.2, 0.25) is 5.88 Å². The highest BCUT2D eigenvalue weighted by atomic mass is 35.5. The number of hydrogen-bond acceptors (Lipinski definition) is 7. The molecule has 0 saturated carbocycles. The lowest BCUT2D eigenvalue weighted by Crippen LogP contribution is -2.19. The molecule has 12 heteroatoms. The SMILES string of the molecule is O=C1C[C@@H](CO)COc2ncc(CS(=O)(=O)c3cc(Cl)ccc3OC(F)(F)F)cc21. The van der Waals surface area contributed by atoms with Gasteiger partial charge < -0.3 is 14.6 Å². The van der Waals surface area contributed by atoms with E-state index in [1.54, 1.807) is 0 Å². The van der Waals surface area contributed by atoms with Crippen molar-refractivity contribution < 1.29 is 41.0 Å². The summed E-state index contributed by atoms with van der Waals surface area (Å²) in [4.78, 5) is 15.6. The van der Waals surface area contributed by atoms with E-state index < -0.39 is 44.3 Å². The number of aromatic nitrogens is 1. The molecule has 0 fully saturated rings. The van der Waals surface area contributed by atoms with E-state index in [0.29, 0.717) is 0 Å². The Hall–Kier alpha value is -2.37. The first kappa shape index (κ1) is 22.3. The largest absolute Gasteiger partial charge is 0.573 e. The number of aliphatic hydroxyl groups excluding tert-OH is 1. The van der Waals surface area contributed by atoms with Gasteiger partial charge in [0.25, 0.3) is 0 Å². The number of Topliss-reactive ketones (excluding diaryl/α,β-unsaturated/α-hetero) is 1. The number of sulfone groups is 1. The molecule has 0 radical (unpaired) electrons. The second-order valence-electron chi connectivity index (χ2n) is 6.58. The summed E-state index contributed by atoms with van der Waals surface area (Å²) in [6.45, 7) is -0.196. The van der Waals surface area contributed by atoms with Crippen molar-refractivity contribution >= 4 is 27.2 Å². The highest BCUT2D eigenvalue weighted by Gasteiger charge is 2.34. The van der Waals surface area contributed by atoms with Crippen LogP contribution in [0.4, 0.5) is 13.2 Å². The van der Waals surface area contributed by atoms with Gasteiger partial charge in [-0.05, 0) is 29.8 Å². The standard InChI is InChI=1S/C18H15ClF3NO6S/c19-12-1-2-15(29-18(20,21)22)16(5-12)30(26,27)9-10-3-13-14(25)4-11(7-24)8-28-17(13)23-6-10/h1-3,5-6,11,24H,4,7-9H2/t11-/m0/s1. The number of ether oxygens (including phenoxy) is 2. The summed E-state index contributed by atoms with van der Waals surface area (Å²) in [7, 11) is -4.35. The number of hydrogen-bond donors (Lipinski definition) is 1. The molecule has 2 aromatic rings. The fourth-order valence-corrected chi connectivity index (χ4v) is 4.58. The van der Waals surface area contributed by atoms with E-state index in [9.17, 15) is 31.5 Å². The number of nitrogens with zero attached hydrogens (tertiary/aromatic N) is 1. The van der Waals surface area contributed by atoms with Gasteiger partial charge in [-0.25, -0.2) is 13.4 Å². The zero-order valence-electron chi connectivity index (χ0n) is 15.1. The molecule has 0 aliphatic carbocycles. The summed E-state index contributed by atoms with van der Waals surface area (Å²) < 4.78 is 72.7. The third-order valence-corrected chi connectivity index (χ3v) is 6.16. The maximum absolute atomic E-state index is 12.8. The van der Waals surface area contributed by atoms with Gasteiger partial charge in [0.1, 0.15) is 10.6 Å². The number of ketones is 1. The maximum atomic E-state index is 12.8. The molecule has 3 rings (SSSR count). The molecule has 0 spiro atoms. The predicted octanol–water partition coefficient (Wildman–Crippen LogP) is 3.18.